The van der Waals surface area contributed by atoms with Gasteiger partial charge < -0.3 is 38.1 Å². The first-order valence-electron chi connectivity index (χ1n) is 20.4. The lowest BCUT2D eigenvalue weighted by Crippen LogP contribution is -2.64. The summed E-state index contributed by atoms with van der Waals surface area (Å²) in [6, 6.07) is 6.94. The monoisotopic (exact) mass is 873 g/mol. The molecule has 1 aliphatic carbocycles. The Morgan fingerprint density at radius 2 is 1.67 bits per heavy atom. The number of nitrogens with zero attached hydrogens (tertiary/aromatic N) is 9. The molecule has 2 fully saturated rings. The summed E-state index contributed by atoms with van der Waals surface area (Å²) in [4.78, 5) is 79.7. The third-order valence-corrected chi connectivity index (χ3v) is 10.8. The van der Waals surface area contributed by atoms with E-state index in [0.717, 1.165) is 59.1 Å². The molecule has 336 valence electrons. The van der Waals surface area contributed by atoms with Crippen LogP contribution in [0.1, 0.15) is 64.6 Å². The minimum atomic E-state index is -1.64. The molecule has 1 aliphatic heterocycles. The molecule has 6 atom stereocenters. The first-order chi connectivity index (χ1) is 30.3. The fourth-order valence-corrected chi connectivity index (χ4v) is 7.79. The van der Waals surface area contributed by atoms with E-state index in [1.54, 1.807) is 42.5 Å². The van der Waals surface area contributed by atoms with Crippen LogP contribution in [0.3, 0.4) is 0 Å². The number of carbonyl (C=O) groups excluding carboxylic acids is 5. The molecule has 1 saturated heterocycles. The van der Waals surface area contributed by atoms with Crippen molar-refractivity contribution in [3.8, 4) is 23.1 Å². The van der Waals surface area contributed by atoms with Gasteiger partial charge in [-0.3, -0.25) is 33.5 Å². The fraction of sp³-hybridized carbons (Fsp3) is 0.524. The Hall–Kier alpha value is -6.50. The summed E-state index contributed by atoms with van der Waals surface area (Å²) in [6.07, 6.45) is 5.32. The number of nitriles is 1. The zero-order valence-corrected chi connectivity index (χ0v) is 35.9. The highest BCUT2D eigenvalue weighted by Gasteiger charge is 2.56. The van der Waals surface area contributed by atoms with Crippen molar-refractivity contribution in [3.05, 3.63) is 55.0 Å². The van der Waals surface area contributed by atoms with Gasteiger partial charge in [0, 0.05) is 70.4 Å². The molecule has 0 N–H and O–H groups in total. The van der Waals surface area contributed by atoms with Gasteiger partial charge in [-0.05, 0) is 44.0 Å². The van der Waals surface area contributed by atoms with Gasteiger partial charge in [0.25, 0.3) is 0 Å². The van der Waals surface area contributed by atoms with E-state index in [1.807, 2.05) is 22.8 Å². The average Bonchev–Trinajstić information content (AvgIpc) is 4.06. The molecule has 21 nitrogen and oxygen atoms in total. The van der Waals surface area contributed by atoms with Gasteiger partial charge in [-0.15, -0.1) is 0 Å². The molecule has 0 unspecified atom stereocenters. The Labute approximate surface area is 363 Å². The number of hydrogen-bond acceptors (Lipinski definition) is 18. The molecule has 21 heteroatoms. The maximum atomic E-state index is 13.7. The van der Waals surface area contributed by atoms with Gasteiger partial charge in [-0.1, -0.05) is 12.8 Å². The Bertz CT molecular complexity index is 2300. The summed E-state index contributed by atoms with van der Waals surface area (Å²) in [5.41, 5.74) is 2.16. The van der Waals surface area contributed by atoms with Crippen molar-refractivity contribution < 1.29 is 57.1 Å². The smallest absolute Gasteiger partial charge is 0.339 e. The quantitative estimate of drug-likeness (QED) is 0.0838. The van der Waals surface area contributed by atoms with Crippen LogP contribution in [0.5, 0.6) is 5.75 Å². The second-order valence-corrected chi connectivity index (χ2v) is 15.3. The van der Waals surface area contributed by atoms with Gasteiger partial charge >= 0.3 is 29.9 Å². The lowest BCUT2D eigenvalue weighted by molar-refractivity contribution is -0.282. The van der Waals surface area contributed by atoms with Gasteiger partial charge in [-0.25, -0.2) is 19.6 Å². The van der Waals surface area contributed by atoms with Crippen LogP contribution in [-0.2, 0) is 54.2 Å². The molecule has 0 spiro atoms. The molecule has 0 bridgehead atoms. The minimum Gasteiger partial charge on any atom is -0.467 e. The third kappa shape index (κ3) is 11.1. The zero-order chi connectivity index (χ0) is 45.2. The van der Waals surface area contributed by atoms with Gasteiger partial charge in [0.05, 0.1) is 50.9 Å². The van der Waals surface area contributed by atoms with Gasteiger partial charge in [0.1, 0.15) is 17.8 Å². The van der Waals surface area contributed by atoms with E-state index in [-0.39, 0.29) is 31.2 Å². The molecule has 5 heterocycles. The van der Waals surface area contributed by atoms with Crippen LogP contribution in [0.25, 0.3) is 22.3 Å². The lowest BCUT2D eigenvalue weighted by Gasteiger charge is -2.43. The standard InChI is InChI=1S/C42H51N9O12/c1-25(52)59-35-36(60-26(2)53)38(61-27(3)54)41(63-37(35)40(55)57-6)62-33-12-9-16-44-31(33)22-58-24-48(4)18-19-49(5)42(56)50-17-14-30-34(45-23-46-39(30)50)29-20-47-51(21-29)32(13-15-43)28-10-7-8-11-28/h9,12,14,16-17,20-21,23,28,32,35-38,41H,7-8,10-11,13,18-19,22,24H2,1-6H3/t32-,35+,36+,37+,38-,41-/m1/s1. The normalized spacial score (nSPS) is 20.4. The number of methoxy groups -OCH3 is 1. The molecular formula is C42H51N9O12. The van der Waals surface area contributed by atoms with Crippen molar-refractivity contribution >= 4 is 40.9 Å². The lowest BCUT2D eigenvalue weighted by atomic mass is 9.96. The molecule has 4 aromatic heterocycles. The van der Waals surface area contributed by atoms with E-state index in [9.17, 15) is 29.2 Å². The predicted molar refractivity (Wildman–Crippen MR) is 218 cm³/mol. The van der Waals surface area contributed by atoms with E-state index in [1.165, 1.54) is 17.1 Å². The molecule has 0 radical (unpaired) electrons. The second kappa shape index (κ2) is 21.0. The maximum Gasteiger partial charge on any atom is 0.339 e. The number of esters is 4. The average molecular weight is 874 g/mol. The summed E-state index contributed by atoms with van der Waals surface area (Å²) in [5.74, 6) is -2.89. The number of aromatic nitrogens is 6. The van der Waals surface area contributed by atoms with Crippen LogP contribution in [0.4, 0.5) is 4.79 Å². The third-order valence-electron chi connectivity index (χ3n) is 10.8. The SMILES string of the molecule is COC(=O)[C@H]1O[C@@H](Oc2cccnc2COCN(C)CCN(C)C(=O)n2ccc3c(-c4cnn([C@H](CC#N)C5CCCC5)c4)ncnc32)[C@H](OC(C)=O)[C@@H](OC(C)=O)[C@@H]1OC(C)=O. The number of ether oxygens (including phenoxy) is 7. The van der Waals surface area contributed by atoms with Crippen molar-refractivity contribution in [2.75, 3.05) is 41.0 Å². The summed E-state index contributed by atoms with van der Waals surface area (Å²) < 4.78 is 42.4. The summed E-state index contributed by atoms with van der Waals surface area (Å²) in [7, 11) is 4.59. The van der Waals surface area contributed by atoms with Crippen molar-refractivity contribution in [1.29, 1.82) is 5.26 Å². The highest BCUT2D eigenvalue weighted by Crippen LogP contribution is 2.37. The van der Waals surface area contributed by atoms with E-state index in [4.69, 9.17) is 33.2 Å². The summed E-state index contributed by atoms with van der Waals surface area (Å²) >= 11 is 0. The molecule has 6 rings (SSSR count). The number of hydrogen-bond donors (Lipinski definition) is 0. The molecule has 63 heavy (non-hydrogen) atoms. The molecule has 1 amide bonds. The van der Waals surface area contributed by atoms with E-state index < -0.39 is 54.6 Å². The van der Waals surface area contributed by atoms with E-state index >= 15 is 0 Å². The number of carbonyl (C=O) groups is 5. The summed E-state index contributed by atoms with van der Waals surface area (Å²) in [5, 5.41) is 14.8. The fourth-order valence-electron chi connectivity index (χ4n) is 7.79. The predicted octanol–water partition coefficient (Wildman–Crippen LogP) is 3.41. The zero-order valence-electron chi connectivity index (χ0n) is 35.9. The molecule has 2 aliphatic rings. The van der Waals surface area contributed by atoms with Crippen LogP contribution in [0.15, 0.2) is 49.3 Å². The van der Waals surface area contributed by atoms with E-state index in [2.05, 4.69) is 26.1 Å². The Morgan fingerprint density at radius 3 is 2.37 bits per heavy atom. The highest BCUT2D eigenvalue weighted by atomic mass is 16.7. The Balaban J connectivity index is 1.07. The Morgan fingerprint density at radius 1 is 0.952 bits per heavy atom. The molecule has 0 aromatic carbocycles. The second-order valence-electron chi connectivity index (χ2n) is 15.3. The van der Waals surface area contributed by atoms with Crippen molar-refractivity contribution in [2.24, 2.45) is 5.92 Å². The topological polar surface area (TPSA) is 242 Å². The van der Waals surface area contributed by atoms with Crippen molar-refractivity contribution in [2.45, 2.75) is 96.2 Å². The highest BCUT2D eigenvalue weighted by molar-refractivity contribution is 5.96. The van der Waals surface area contributed by atoms with Crippen LogP contribution >= 0.6 is 0 Å². The molecule has 4 aromatic rings. The molecule has 1 saturated carbocycles. The van der Waals surface area contributed by atoms with Crippen LogP contribution in [0.2, 0.25) is 0 Å². The van der Waals surface area contributed by atoms with Crippen molar-refractivity contribution in [3.63, 3.8) is 0 Å². The largest absolute Gasteiger partial charge is 0.467 e. The minimum absolute atomic E-state index is 0.00314. The summed E-state index contributed by atoms with van der Waals surface area (Å²) in [6.45, 7) is 4.09. The maximum absolute atomic E-state index is 13.7. The molecular weight excluding hydrogens is 823 g/mol. The van der Waals surface area contributed by atoms with E-state index in [0.29, 0.717) is 47.8 Å². The number of rotatable bonds is 17. The van der Waals surface area contributed by atoms with Gasteiger partial charge in [0.15, 0.2) is 24.0 Å². The number of pyridine rings is 1. The first kappa shape index (κ1) is 46.0. The number of likely N-dealkylation sites (N-methyl/N-ethyl adjacent to an activating group) is 2. The number of fused-ring (bicyclic) bond motifs is 1. The van der Waals surface area contributed by atoms with Gasteiger partial charge in [0.2, 0.25) is 12.4 Å². The van der Waals surface area contributed by atoms with Crippen LogP contribution in [-0.4, -0.2) is 141 Å². The van der Waals surface area contributed by atoms with Crippen molar-refractivity contribution in [1.82, 2.24) is 39.1 Å². The van der Waals surface area contributed by atoms with Crippen LogP contribution < -0.4 is 4.74 Å². The van der Waals surface area contributed by atoms with Crippen LogP contribution in [0, 0.1) is 17.2 Å². The first-order valence-corrected chi connectivity index (χ1v) is 20.4. The Kier molecular flexibility index (Phi) is 15.4. The van der Waals surface area contributed by atoms with Gasteiger partial charge in [-0.2, -0.15) is 10.4 Å². The number of amides is 1.